The van der Waals surface area contributed by atoms with E-state index in [9.17, 15) is 4.79 Å². The number of hydrogen-bond donors (Lipinski definition) is 3. The normalized spacial score (nSPS) is 15.4. The first kappa shape index (κ1) is 25.0. The van der Waals surface area contributed by atoms with Crippen molar-refractivity contribution in [2.45, 2.75) is 32.4 Å². The van der Waals surface area contributed by atoms with Gasteiger partial charge < -0.3 is 29.8 Å². The van der Waals surface area contributed by atoms with E-state index in [1.54, 1.807) is 7.05 Å². The number of likely N-dealkylation sites (tertiary alicyclic amines) is 1. The molecule has 1 saturated heterocycles. The molecule has 0 aliphatic carbocycles. The van der Waals surface area contributed by atoms with Crippen molar-refractivity contribution in [3.05, 3.63) is 59.8 Å². The minimum Gasteiger partial charge on any atom is -0.484 e. The van der Waals surface area contributed by atoms with E-state index >= 15 is 0 Å². The number of pyridine rings is 1. The number of rotatable bonds is 8. The molecule has 1 amide bonds. The number of amides is 1. The van der Waals surface area contributed by atoms with E-state index in [2.05, 4.69) is 44.6 Å². The SMILES string of the molecule is CNC(=O)COc1ccc(-c2nc3ncc(C)c(NC4CCN(Cc5ccc6c(c5)OCO6)CC4)c3[nH]2)cc1. The highest BCUT2D eigenvalue weighted by Crippen LogP contribution is 2.33. The molecule has 1 fully saturated rings. The first-order valence-electron chi connectivity index (χ1n) is 13.2. The van der Waals surface area contributed by atoms with Crippen LogP contribution in [-0.4, -0.2) is 65.3 Å². The standard InChI is InChI=1S/C29H32N6O4/c1-18-14-31-29-27(33-28(34-29)20-4-6-22(7-5-20)37-16-25(36)30-2)26(18)32-21-9-11-35(12-10-21)15-19-3-8-23-24(13-19)39-17-38-23/h3-8,13-14,21H,9-12,15-17H2,1-2H3,(H,30,36)(H2,31,32,33,34). The highest BCUT2D eigenvalue weighted by molar-refractivity contribution is 5.89. The Hall–Kier alpha value is -4.31. The lowest BCUT2D eigenvalue weighted by atomic mass is 10.0. The van der Waals surface area contributed by atoms with Crippen molar-refractivity contribution in [2.24, 2.45) is 0 Å². The van der Waals surface area contributed by atoms with E-state index in [4.69, 9.17) is 19.2 Å². The van der Waals surface area contributed by atoms with E-state index in [1.165, 1.54) is 5.56 Å². The number of benzene rings is 2. The predicted octanol–water partition coefficient (Wildman–Crippen LogP) is 3.86. The Kier molecular flexibility index (Phi) is 6.93. The highest BCUT2D eigenvalue weighted by atomic mass is 16.7. The van der Waals surface area contributed by atoms with Crippen LogP contribution in [0.1, 0.15) is 24.0 Å². The second-order valence-electron chi connectivity index (χ2n) is 9.97. The number of ether oxygens (including phenoxy) is 3. The van der Waals surface area contributed by atoms with E-state index in [0.717, 1.165) is 72.1 Å². The molecular weight excluding hydrogens is 496 g/mol. The second kappa shape index (κ2) is 10.8. The summed E-state index contributed by atoms with van der Waals surface area (Å²) in [7, 11) is 1.58. The third-order valence-corrected chi connectivity index (χ3v) is 7.27. The summed E-state index contributed by atoms with van der Waals surface area (Å²) < 4.78 is 16.5. The number of imidazole rings is 1. The van der Waals surface area contributed by atoms with Gasteiger partial charge in [0, 0.05) is 44.5 Å². The monoisotopic (exact) mass is 528 g/mol. The summed E-state index contributed by atoms with van der Waals surface area (Å²) in [6.45, 7) is 5.29. The molecule has 0 bridgehead atoms. The maximum Gasteiger partial charge on any atom is 0.257 e. The highest BCUT2D eigenvalue weighted by Gasteiger charge is 2.22. The summed E-state index contributed by atoms with van der Waals surface area (Å²) in [5.74, 6) is 2.85. The number of aromatic nitrogens is 3. The van der Waals surface area contributed by atoms with Crippen molar-refractivity contribution in [3.8, 4) is 28.6 Å². The molecule has 4 heterocycles. The predicted molar refractivity (Wildman–Crippen MR) is 148 cm³/mol. The molecule has 2 aliphatic rings. The summed E-state index contributed by atoms with van der Waals surface area (Å²) >= 11 is 0. The second-order valence-corrected chi connectivity index (χ2v) is 9.97. The lowest BCUT2D eigenvalue weighted by Crippen LogP contribution is -2.38. The molecular formula is C29H32N6O4. The van der Waals surface area contributed by atoms with Crippen LogP contribution >= 0.6 is 0 Å². The third kappa shape index (κ3) is 5.46. The zero-order valence-electron chi connectivity index (χ0n) is 22.1. The van der Waals surface area contributed by atoms with Crippen LogP contribution in [0.2, 0.25) is 0 Å². The van der Waals surface area contributed by atoms with Crippen LogP contribution in [0.15, 0.2) is 48.7 Å². The number of aromatic amines is 1. The Morgan fingerprint density at radius 1 is 1.13 bits per heavy atom. The van der Waals surface area contributed by atoms with E-state index in [0.29, 0.717) is 24.2 Å². The Morgan fingerprint density at radius 2 is 1.92 bits per heavy atom. The fraction of sp³-hybridized carbons (Fsp3) is 0.345. The van der Waals surface area contributed by atoms with Gasteiger partial charge in [-0.1, -0.05) is 6.07 Å². The molecule has 2 aromatic carbocycles. The van der Waals surface area contributed by atoms with Crippen molar-refractivity contribution in [1.82, 2.24) is 25.2 Å². The number of aryl methyl sites for hydroxylation is 1. The maximum atomic E-state index is 11.4. The lowest BCUT2D eigenvalue weighted by Gasteiger charge is -2.33. The quantitative estimate of drug-likeness (QED) is 0.316. The Labute approximate surface area is 226 Å². The van der Waals surface area contributed by atoms with Crippen molar-refractivity contribution in [1.29, 1.82) is 0 Å². The molecule has 6 rings (SSSR count). The van der Waals surface area contributed by atoms with Crippen molar-refractivity contribution in [2.75, 3.05) is 38.9 Å². The Bertz CT molecular complexity index is 1480. The molecule has 4 aromatic rings. The van der Waals surface area contributed by atoms with Gasteiger partial charge in [-0.15, -0.1) is 0 Å². The summed E-state index contributed by atoms with van der Waals surface area (Å²) in [5, 5.41) is 6.33. The Balaban J connectivity index is 1.11. The van der Waals surface area contributed by atoms with Gasteiger partial charge in [-0.3, -0.25) is 9.69 Å². The molecule has 10 heteroatoms. The number of likely N-dealkylation sites (N-methyl/N-ethyl adjacent to an activating group) is 1. The minimum atomic E-state index is -0.173. The number of H-pyrrole nitrogens is 1. The van der Waals surface area contributed by atoms with Gasteiger partial charge in [-0.2, -0.15) is 0 Å². The van der Waals surface area contributed by atoms with Crippen LogP contribution in [-0.2, 0) is 11.3 Å². The zero-order valence-corrected chi connectivity index (χ0v) is 22.1. The largest absolute Gasteiger partial charge is 0.484 e. The zero-order chi connectivity index (χ0) is 26.8. The molecule has 3 N–H and O–H groups in total. The summed E-state index contributed by atoms with van der Waals surface area (Å²) in [5.41, 5.74) is 5.89. The van der Waals surface area contributed by atoms with Crippen molar-refractivity contribution in [3.63, 3.8) is 0 Å². The molecule has 202 valence electrons. The van der Waals surface area contributed by atoms with E-state index in [1.807, 2.05) is 36.5 Å². The maximum absolute atomic E-state index is 11.4. The van der Waals surface area contributed by atoms with Crippen molar-refractivity contribution < 1.29 is 19.0 Å². The number of hydrogen-bond acceptors (Lipinski definition) is 8. The van der Waals surface area contributed by atoms with Gasteiger partial charge in [0.25, 0.3) is 5.91 Å². The molecule has 10 nitrogen and oxygen atoms in total. The molecule has 2 aromatic heterocycles. The lowest BCUT2D eigenvalue weighted by molar-refractivity contribution is -0.122. The molecule has 0 atom stereocenters. The van der Waals surface area contributed by atoms with Gasteiger partial charge in [-0.05, 0) is 67.3 Å². The van der Waals surface area contributed by atoms with Gasteiger partial charge in [0.2, 0.25) is 6.79 Å². The molecule has 0 radical (unpaired) electrons. The first-order chi connectivity index (χ1) is 19.1. The topological polar surface area (TPSA) is 114 Å². The van der Waals surface area contributed by atoms with Crippen LogP contribution in [0.3, 0.4) is 0 Å². The van der Waals surface area contributed by atoms with E-state index < -0.39 is 0 Å². The van der Waals surface area contributed by atoms with Gasteiger partial charge in [-0.25, -0.2) is 9.97 Å². The van der Waals surface area contributed by atoms with Gasteiger partial charge in [0.1, 0.15) is 17.1 Å². The smallest absolute Gasteiger partial charge is 0.257 e. The fourth-order valence-electron chi connectivity index (χ4n) is 5.04. The number of carbonyl (C=O) groups excluding carboxylic acids is 1. The van der Waals surface area contributed by atoms with Crippen LogP contribution < -0.4 is 24.8 Å². The molecule has 0 saturated carbocycles. The number of carbonyl (C=O) groups is 1. The number of fused-ring (bicyclic) bond motifs is 2. The Morgan fingerprint density at radius 3 is 2.72 bits per heavy atom. The summed E-state index contributed by atoms with van der Waals surface area (Å²) in [4.78, 5) is 26.7. The molecule has 39 heavy (non-hydrogen) atoms. The van der Waals surface area contributed by atoms with Gasteiger partial charge in [0.05, 0.1) is 5.69 Å². The van der Waals surface area contributed by atoms with Crippen LogP contribution in [0, 0.1) is 6.92 Å². The molecule has 2 aliphatic heterocycles. The van der Waals surface area contributed by atoms with Crippen LogP contribution in [0.25, 0.3) is 22.6 Å². The molecule has 0 spiro atoms. The number of piperidine rings is 1. The summed E-state index contributed by atoms with van der Waals surface area (Å²) in [6.07, 6.45) is 3.97. The van der Waals surface area contributed by atoms with E-state index in [-0.39, 0.29) is 12.5 Å². The molecule has 0 unspecified atom stereocenters. The third-order valence-electron chi connectivity index (χ3n) is 7.27. The average Bonchev–Trinajstić information content (AvgIpc) is 3.62. The first-order valence-corrected chi connectivity index (χ1v) is 13.2. The van der Waals surface area contributed by atoms with Gasteiger partial charge in [0.15, 0.2) is 23.8 Å². The van der Waals surface area contributed by atoms with Crippen LogP contribution in [0.4, 0.5) is 5.69 Å². The fourth-order valence-corrected chi connectivity index (χ4v) is 5.04. The summed E-state index contributed by atoms with van der Waals surface area (Å²) in [6, 6.07) is 14.1. The number of nitrogens with zero attached hydrogens (tertiary/aromatic N) is 3. The average molecular weight is 529 g/mol. The van der Waals surface area contributed by atoms with Gasteiger partial charge >= 0.3 is 0 Å². The number of anilines is 1. The van der Waals surface area contributed by atoms with Crippen LogP contribution in [0.5, 0.6) is 17.2 Å². The minimum absolute atomic E-state index is 0.0178. The van der Waals surface area contributed by atoms with Crippen molar-refractivity contribution >= 4 is 22.8 Å². The number of nitrogens with one attached hydrogen (secondary N) is 3.